The number of ether oxygens (including phenoxy) is 2. The summed E-state index contributed by atoms with van der Waals surface area (Å²) in [5.41, 5.74) is 7.62. The largest absolute Gasteiger partial charge is 0.508 e. The number of phenols is 10. The van der Waals surface area contributed by atoms with Crippen molar-refractivity contribution < 1.29 is 60.5 Å². The zero-order valence-corrected chi connectivity index (χ0v) is 35.8. The molecular formula is C56H42O12. The maximum Gasteiger partial charge on any atom is 0.135 e. The third-order valence-corrected chi connectivity index (χ3v) is 14.4. The third kappa shape index (κ3) is 6.20. The Morgan fingerprint density at radius 3 is 0.853 bits per heavy atom. The molecule has 8 aromatic carbocycles. The van der Waals surface area contributed by atoms with Crippen LogP contribution in [0.25, 0.3) is 0 Å². The molecule has 0 saturated heterocycles. The Kier molecular flexibility index (Phi) is 8.97. The maximum absolute atomic E-state index is 12.6. The molecule has 0 bridgehead atoms. The molecular weight excluding hydrogens is 865 g/mol. The number of hydrogen-bond donors (Lipinski definition) is 10. The van der Waals surface area contributed by atoms with E-state index in [-0.39, 0.29) is 57.5 Å². The second-order valence-electron chi connectivity index (χ2n) is 18.2. The molecule has 68 heavy (non-hydrogen) atoms. The lowest BCUT2D eigenvalue weighted by molar-refractivity contribution is 0.221. The van der Waals surface area contributed by atoms with Crippen LogP contribution in [-0.2, 0) is 0 Å². The lowest BCUT2D eigenvalue weighted by Crippen LogP contribution is -2.15. The van der Waals surface area contributed by atoms with Crippen molar-refractivity contribution in [3.63, 3.8) is 0 Å². The highest BCUT2D eigenvalue weighted by atomic mass is 16.5. The molecule has 4 unspecified atom stereocenters. The minimum Gasteiger partial charge on any atom is -0.508 e. The van der Waals surface area contributed by atoms with Crippen molar-refractivity contribution >= 4 is 0 Å². The van der Waals surface area contributed by atoms with Crippen molar-refractivity contribution in [2.45, 2.75) is 47.7 Å². The third-order valence-electron chi connectivity index (χ3n) is 14.4. The Balaban J connectivity index is 1.19. The molecule has 4 aliphatic rings. The van der Waals surface area contributed by atoms with Gasteiger partial charge in [-0.25, -0.2) is 0 Å². The molecule has 0 radical (unpaired) electrons. The lowest BCUT2D eigenvalue weighted by Gasteiger charge is -2.27. The molecule has 338 valence electrons. The van der Waals surface area contributed by atoms with Crippen molar-refractivity contribution in [3.05, 3.63) is 212 Å². The monoisotopic (exact) mass is 906 g/mol. The number of hydrogen-bond acceptors (Lipinski definition) is 12. The molecule has 0 aromatic heterocycles. The highest BCUT2D eigenvalue weighted by molar-refractivity contribution is 5.75. The van der Waals surface area contributed by atoms with Gasteiger partial charge in [-0.1, -0.05) is 48.5 Å². The Morgan fingerprint density at radius 1 is 0.250 bits per heavy atom. The Hall–Kier alpha value is -8.64. The fourth-order valence-corrected chi connectivity index (χ4v) is 12.0. The van der Waals surface area contributed by atoms with Gasteiger partial charge in [-0.3, -0.25) is 0 Å². The van der Waals surface area contributed by atoms with Gasteiger partial charge in [0, 0.05) is 70.2 Å². The van der Waals surface area contributed by atoms with Gasteiger partial charge in [0.2, 0.25) is 0 Å². The summed E-state index contributed by atoms with van der Waals surface area (Å²) in [5, 5.41) is 111. The zero-order chi connectivity index (χ0) is 46.9. The van der Waals surface area contributed by atoms with Crippen molar-refractivity contribution in [2.24, 2.45) is 0 Å². The van der Waals surface area contributed by atoms with Crippen LogP contribution >= 0.6 is 0 Å². The van der Waals surface area contributed by atoms with Crippen LogP contribution in [0.15, 0.2) is 146 Å². The maximum atomic E-state index is 12.6. The smallest absolute Gasteiger partial charge is 0.135 e. The lowest BCUT2D eigenvalue weighted by atomic mass is 9.74. The zero-order valence-electron chi connectivity index (χ0n) is 35.8. The predicted octanol–water partition coefficient (Wildman–Crippen LogP) is 10.4. The summed E-state index contributed by atoms with van der Waals surface area (Å²) in [5.74, 6) is -4.13. The predicted molar refractivity (Wildman–Crippen MR) is 248 cm³/mol. The molecule has 0 spiro atoms. The number of fused-ring (bicyclic) bond motifs is 9. The fourth-order valence-electron chi connectivity index (χ4n) is 12.0. The molecule has 10 N–H and O–H groups in total. The quantitative estimate of drug-likeness (QED) is 0.0753. The van der Waals surface area contributed by atoms with Gasteiger partial charge in [0.05, 0.1) is 11.8 Å². The van der Waals surface area contributed by atoms with Gasteiger partial charge in [-0.15, -0.1) is 0 Å². The molecule has 2 heterocycles. The first-order valence-corrected chi connectivity index (χ1v) is 22.2. The fraction of sp³-hybridized carbons (Fsp3) is 0.143. The average molecular weight is 907 g/mol. The summed E-state index contributed by atoms with van der Waals surface area (Å²) in [7, 11) is 0. The summed E-state index contributed by atoms with van der Waals surface area (Å²) >= 11 is 0. The van der Waals surface area contributed by atoms with Gasteiger partial charge < -0.3 is 60.5 Å². The number of aromatic hydroxyl groups is 10. The van der Waals surface area contributed by atoms with Crippen LogP contribution in [0.2, 0.25) is 0 Å². The van der Waals surface area contributed by atoms with Crippen LogP contribution in [-0.4, -0.2) is 51.1 Å². The van der Waals surface area contributed by atoms with Gasteiger partial charge >= 0.3 is 0 Å². The van der Waals surface area contributed by atoms with E-state index in [0.717, 1.165) is 11.1 Å². The molecule has 8 atom stereocenters. The topological polar surface area (TPSA) is 221 Å². The molecule has 12 nitrogen and oxygen atoms in total. The van der Waals surface area contributed by atoms with Crippen LogP contribution in [0.4, 0.5) is 0 Å². The van der Waals surface area contributed by atoms with E-state index in [4.69, 9.17) is 9.47 Å². The van der Waals surface area contributed by atoms with Gasteiger partial charge in [0.15, 0.2) is 0 Å². The van der Waals surface area contributed by atoms with Crippen LogP contribution in [0.1, 0.15) is 114 Å². The second-order valence-corrected chi connectivity index (χ2v) is 18.2. The van der Waals surface area contributed by atoms with Crippen LogP contribution in [0.5, 0.6) is 69.0 Å². The molecule has 2 aliphatic carbocycles. The highest BCUT2D eigenvalue weighted by Gasteiger charge is 2.59. The minimum atomic E-state index is -0.792. The summed E-state index contributed by atoms with van der Waals surface area (Å²) < 4.78 is 13.8. The second kappa shape index (κ2) is 14.9. The van der Waals surface area contributed by atoms with Crippen molar-refractivity contribution in [3.8, 4) is 69.0 Å². The van der Waals surface area contributed by atoms with Crippen LogP contribution in [0.3, 0.4) is 0 Å². The molecule has 12 rings (SSSR count). The van der Waals surface area contributed by atoms with Crippen LogP contribution < -0.4 is 9.47 Å². The SMILES string of the molecule is Oc1ccc(C2Oc3cc(O)c4c(c3[C@@H]2c2cc(O)cc(O)c2)[C@H]2C(c3ccc(O)cc3)c3c(O)cc5c(c3[C@H]2C4c2ccc(O)cc2)[C@H](c2cc(O)cc(O)c2)C(c2ccc(O)cc2)O5)cc1. The van der Waals surface area contributed by atoms with E-state index < -0.39 is 47.7 Å². The Bertz CT molecular complexity index is 3070. The molecule has 8 aromatic rings. The first kappa shape index (κ1) is 40.8. The Labute approximate surface area is 388 Å². The molecule has 0 amide bonds. The van der Waals surface area contributed by atoms with Crippen molar-refractivity contribution in [1.82, 2.24) is 0 Å². The van der Waals surface area contributed by atoms with E-state index in [1.807, 2.05) is 0 Å². The number of rotatable bonds is 6. The summed E-state index contributed by atoms with van der Waals surface area (Å²) in [6.45, 7) is 0. The molecule has 0 saturated carbocycles. The van der Waals surface area contributed by atoms with E-state index in [0.29, 0.717) is 67.1 Å². The van der Waals surface area contributed by atoms with Gasteiger partial charge in [0.1, 0.15) is 81.2 Å². The molecule has 12 heteroatoms. The first-order chi connectivity index (χ1) is 32.8. The average Bonchev–Trinajstić information content (AvgIpc) is 4.05. The van der Waals surface area contributed by atoms with Crippen molar-refractivity contribution in [2.75, 3.05) is 0 Å². The van der Waals surface area contributed by atoms with E-state index >= 15 is 0 Å². The normalized spacial score (nSPS) is 22.6. The molecule has 2 aliphatic heterocycles. The highest BCUT2D eigenvalue weighted by Crippen LogP contribution is 2.74. The van der Waals surface area contributed by atoms with Crippen LogP contribution in [0, 0.1) is 0 Å². The van der Waals surface area contributed by atoms with Gasteiger partial charge in [0.25, 0.3) is 0 Å². The van der Waals surface area contributed by atoms with E-state index in [1.54, 1.807) is 133 Å². The van der Waals surface area contributed by atoms with Gasteiger partial charge in [-0.05, 0) is 117 Å². The van der Waals surface area contributed by atoms with E-state index in [1.165, 1.54) is 12.1 Å². The minimum absolute atomic E-state index is 0.0248. The Morgan fingerprint density at radius 2 is 0.544 bits per heavy atom. The summed E-state index contributed by atoms with van der Waals surface area (Å²) in [6.07, 6.45) is -1.58. The van der Waals surface area contributed by atoms with Crippen molar-refractivity contribution in [1.29, 1.82) is 0 Å². The number of phenolic OH excluding ortho intramolecular Hbond substituents is 10. The standard InChI is InChI=1S/C56H42O12/c57-31-9-1-25(2-10-31)43-47-39(65)23-41-49(45(29-17-35(61)21-36(62)18-29)55(67-41)27-5-13-33(59)14-6-27)53(47)52-44(26-3-11-32(58)12-4-26)48-40(66)24-42-50(54(48)51(43)52)46(30-19-37(63)22-38(64)20-30)56(68-42)28-7-15-34(60)16-8-28/h1-24,43-46,51-52,55-66H/t43?,44?,45-,46-,51-,52-,55?,56?/m0/s1. The van der Waals surface area contributed by atoms with Gasteiger partial charge in [-0.2, -0.15) is 0 Å². The van der Waals surface area contributed by atoms with E-state index in [9.17, 15) is 51.1 Å². The summed E-state index contributed by atoms with van der Waals surface area (Å²) in [4.78, 5) is 0. The number of benzene rings is 8. The summed E-state index contributed by atoms with van der Waals surface area (Å²) in [6, 6.07) is 38.6. The van der Waals surface area contributed by atoms with E-state index in [2.05, 4.69) is 0 Å². The molecule has 0 fully saturated rings. The first-order valence-electron chi connectivity index (χ1n) is 22.2.